The van der Waals surface area contributed by atoms with Crippen LogP contribution in [0.15, 0.2) is 29.2 Å². The van der Waals surface area contributed by atoms with Crippen molar-refractivity contribution in [3.63, 3.8) is 0 Å². The van der Waals surface area contributed by atoms with Gasteiger partial charge in [0.25, 0.3) is 0 Å². The minimum atomic E-state index is -3.47. The van der Waals surface area contributed by atoms with Crippen molar-refractivity contribution in [1.29, 1.82) is 0 Å². The number of sulfonamides is 1. The maximum atomic E-state index is 12.8. The van der Waals surface area contributed by atoms with Crippen molar-refractivity contribution in [3.8, 4) is 0 Å². The minimum Gasteiger partial charge on any atom is -0.389 e. The Bertz CT molecular complexity index is 562. The first-order valence-corrected chi connectivity index (χ1v) is 8.56. The van der Waals surface area contributed by atoms with E-state index in [1.165, 1.54) is 0 Å². The molecular weight excluding hydrogens is 274 g/mol. The summed E-state index contributed by atoms with van der Waals surface area (Å²) in [7, 11) is -3.47. The second kappa shape index (κ2) is 5.84. The Hall–Kier alpha value is -0.910. The molecule has 1 N–H and O–H groups in total. The third kappa shape index (κ3) is 3.40. The van der Waals surface area contributed by atoms with Gasteiger partial charge in [-0.15, -0.1) is 0 Å². The summed E-state index contributed by atoms with van der Waals surface area (Å²) < 4.78 is 27.2. The van der Waals surface area contributed by atoms with Gasteiger partial charge < -0.3 is 5.11 Å². The van der Waals surface area contributed by atoms with Gasteiger partial charge in [-0.2, -0.15) is 4.31 Å². The molecule has 0 aromatic heterocycles. The van der Waals surface area contributed by atoms with Crippen molar-refractivity contribution in [2.75, 3.05) is 6.54 Å². The van der Waals surface area contributed by atoms with E-state index in [1.54, 1.807) is 35.5 Å². The molecule has 20 heavy (non-hydrogen) atoms. The zero-order chi connectivity index (χ0) is 14.9. The van der Waals surface area contributed by atoms with Gasteiger partial charge in [0.2, 0.25) is 10.0 Å². The number of nitrogens with zero attached hydrogens (tertiary/aromatic N) is 1. The Kier molecular flexibility index (Phi) is 4.52. The van der Waals surface area contributed by atoms with Crippen molar-refractivity contribution in [2.24, 2.45) is 5.92 Å². The summed E-state index contributed by atoms with van der Waals surface area (Å²) in [5.41, 5.74) is 0.631. The van der Waals surface area contributed by atoms with E-state index in [2.05, 4.69) is 0 Å². The van der Waals surface area contributed by atoms with Gasteiger partial charge in [0.05, 0.1) is 11.0 Å². The van der Waals surface area contributed by atoms with Crippen LogP contribution in [0.25, 0.3) is 0 Å². The van der Waals surface area contributed by atoms with Crippen LogP contribution in [0.5, 0.6) is 0 Å². The number of benzene rings is 1. The van der Waals surface area contributed by atoms with Crippen LogP contribution in [-0.2, 0) is 10.0 Å². The van der Waals surface area contributed by atoms with Crippen molar-refractivity contribution >= 4 is 10.0 Å². The van der Waals surface area contributed by atoms with E-state index in [0.29, 0.717) is 18.0 Å². The molecule has 1 fully saturated rings. The lowest BCUT2D eigenvalue weighted by Crippen LogP contribution is -2.36. The van der Waals surface area contributed by atoms with Crippen LogP contribution in [0.4, 0.5) is 0 Å². The van der Waals surface area contributed by atoms with Crippen LogP contribution in [0, 0.1) is 5.92 Å². The zero-order valence-corrected chi connectivity index (χ0v) is 13.1. The van der Waals surface area contributed by atoms with E-state index in [0.717, 1.165) is 12.8 Å². The highest BCUT2D eigenvalue weighted by Gasteiger charge is 2.38. The number of rotatable bonds is 6. The molecule has 1 aromatic rings. The summed E-state index contributed by atoms with van der Waals surface area (Å²) in [5, 5.41) is 9.61. The first-order chi connectivity index (χ1) is 9.32. The van der Waals surface area contributed by atoms with Gasteiger partial charge in [-0.1, -0.05) is 26.0 Å². The normalized spacial score (nSPS) is 17.7. The van der Waals surface area contributed by atoms with Crippen LogP contribution in [0.1, 0.15) is 45.3 Å². The van der Waals surface area contributed by atoms with E-state index in [9.17, 15) is 13.5 Å². The summed E-state index contributed by atoms with van der Waals surface area (Å²) in [6, 6.07) is 6.77. The second-order valence-electron chi connectivity index (χ2n) is 5.95. The Labute approximate surface area is 121 Å². The molecule has 4 nitrogen and oxygen atoms in total. The maximum Gasteiger partial charge on any atom is 0.243 e. The molecule has 0 spiro atoms. The molecule has 1 aliphatic carbocycles. The van der Waals surface area contributed by atoms with E-state index >= 15 is 0 Å². The third-order valence-corrected chi connectivity index (χ3v) is 5.36. The fourth-order valence-corrected chi connectivity index (χ4v) is 4.14. The molecule has 112 valence electrons. The molecule has 0 bridgehead atoms. The molecule has 1 saturated carbocycles. The fraction of sp³-hybridized carbons (Fsp3) is 0.600. The quantitative estimate of drug-likeness (QED) is 0.878. The van der Waals surface area contributed by atoms with Crippen molar-refractivity contribution in [2.45, 2.75) is 50.7 Å². The average molecular weight is 297 g/mol. The van der Waals surface area contributed by atoms with Gasteiger partial charge in [0, 0.05) is 12.6 Å². The summed E-state index contributed by atoms with van der Waals surface area (Å²) in [4.78, 5) is 0.281. The third-order valence-electron chi connectivity index (χ3n) is 3.45. The smallest absolute Gasteiger partial charge is 0.243 e. The molecule has 2 rings (SSSR count). The van der Waals surface area contributed by atoms with Crippen LogP contribution in [0.3, 0.4) is 0 Å². The standard InChI is InChI=1S/C15H23NO3S/c1-11(2)10-16(14-7-8-14)20(18,19)15-6-4-5-13(9-15)12(3)17/h4-6,9,11-12,14,17H,7-8,10H2,1-3H3. The van der Waals surface area contributed by atoms with Gasteiger partial charge in [-0.3, -0.25) is 0 Å². The molecule has 1 aliphatic rings. The van der Waals surface area contributed by atoms with Crippen LogP contribution in [0.2, 0.25) is 0 Å². The monoisotopic (exact) mass is 297 g/mol. The van der Waals surface area contributed by atoms with Crippen LogP contribution < -0.4 is 0 Å². The number of hydrogen-bond donors (Lipinski definition) is 1. The maximum absolute atomic E-state index is 12.8. The molecule has 0 radical (unpaired) electrons. The van der Waals surface area contributed by atoms with E-state index in [1.807, 2.05) is 13.8 Å². The highest BCUT2D eigenvalue weighted by atomic mass is 32.2. The van der Waals surface area contributed by atoms with Gasteiger partial charge >= 0.3 is 0 Å². The van der Waals surface area contributed by atoms with E-state index in [4.69, 9.17) is 0 Å². The lowest BCUT2D eigenvalue weighted by Gasteiger charge is -2.24. The van der Waals surface area contributed by atoms with Crippen molar-refractivity contribution in [3.05, 3.63) is 29.8 Å². The van der Waals surface area contributed by atoms with Gasteiger partial charge in [-0.25, -0.2) is 8.42 Å². The lowest BCUT2D eigenvalue weighted by molar-refractivity contribution is 0.199. The first-order valence-electron chi connectivity index (χ1n) is 7.12. The molecule has 0 aliphatic heterocycles. The Morgan fingerprint density at radius 2 is 1.95 bits per heavy atom. The van der Waals surface area contributed by atoms with Gasteiger partial charge in [0.15, 0.2) is 0 Å². The molecule has 0 amide bonds. The first kappa shape index (κ1) is 15.5. The highest BCUT2D eigenvalue weighted by molar-refractivity contribution is 7.89. The molecule has 1 unspecified atom stereocenters. The molecule has 0 heterocycles. The van der Waals surface area contributed by atoms with Crippen LogP contribution in [-0.4, -0.2) is 30.4 Å². The summed E-state index contributed by atoms with van der Waals surface area (Å²) in [6.07, 6.45) is 1.23. The number of aliphatic hydroxyl groups excluding tert-OH is 1. The minimum absolute atomic E-state index is 0.151. The molecule has 1 aromatic carbocycles. The summed E-state index contributed by atoms with van der Waals surface area (Å²) in [6.45, 7) is 6.23. The zero-order valence-electron chi connectivity index (χ0n) is 12.3. The Morgan fingerprint density at radius 3 is 2.45 bits per heavy atom. The number of hydrogen-bond acceptors (Lipinski definition) is 3. The predicted molar refractivity (Wildman–Crippen MR) is 78.8 cm³/mol. The molecule has 5 heteroatoms. The fourth-order valence-electron chi connectivity index (χ4n) is 2.24. The largest absolute Gasteiger partial charge is 0.389 e. The topological polar surface area (TPSA) is 57.6 Å². The van der Waals surface area contributed by atoms with E-state index in [-0.39, 0.29) is 10.9 Å². The summed E-state index contributed by atoms with van der Waals surface area (Å²) >= 11 is 0. The molecule has 0 saturated heterocycles. The molecule has 1 atom stereocenters. The SMILES string of the molecule is CC(C)CN(C1CC1)S(=O)(=O)c1cccc(C(C)O)c1. The highest BCUT2D eigenvalue weighted by Crippen LogP contribution is 2.33. The predicted octanol–water partition coefficient (Wildman–Crippen LogP) is 2.55. The average Bonchev–Trinajstić information content (AvgIpc) is 3.20. The van der Waals surface area contributed by atoms with E-state index < -0.39 is 16.1 Å². The van der Waals surface area contributed by atoms with Gasteiger partial charge in [-0.05, 0) is 43.4 Å². The van der Waals surface area contributed by atoms with Gasteiger partial charge in [0.1, 0.15) is 0 Å². The Morgan fingerprint density at radius 1 is 1.30 bits per heavy atom. The van der Waals surface area contributed by atoms with Crippen molar-refractivity contribution in [1.82, 2.24) is 4.31 Å². The molecular formula is C15H23NO3S. The second-order valence-corrected chi connectivity index (χ2v) is 7.84. The van der Waals surface area contributed by atoms with Crippen LogP contribution >= 0.6 is 0 Å². The Balaban J connectivity index is 2.34. The number of aliphatic hydroxyl groups is 1. The lowest BCUT2D eigenvalue weighted by atomic mass is 10.1. The van der Waals surface area contributed by atoms with Crippen molar-refractivity contribution < 1.29 is 13.5 Å². The summed E-state index contributed by atoms with van der Waals surface area (Å²) in [5.74, 6) is 0.297.